The second-order valence-electron chi connectivity index (χ2n) is 7.45. The molecule has 1 heterocycles. The molecule has 9 heteroatoms. The molecule has 2 aromatic rings. The SMILES string of the molecule is Cc1ccc(S(=O)(=O)N2CCCCC2)cc1C(=O)NCCSCc1c(Cl)cccc1Cl. The van der Waals surface area contributed by atoms with E-state index in [1.165, 1.54) is 10.4 Å². The predicted octanol–water partition coefficient (Wildman–Crippen LogP) is 5.14. The normalized spacial score (nSPS) is 15.1. The van der Waals surface area contributed by atoms with Gasteiger partial charge in [0.05, 0.1) is 4.90 Å². The fraction of sp³-hybridized carbons (Fsp3) is 0.409. The Morgan fingerprint density at radius 3 is 2.45 bits per heavy atom. The Bertz CT molecular complexity index is 1020. The first kappa shape index (κ1) is 24.4. The van der Waals surface area contributed by atoms with Gasteiger partial charge in [0.15, 0.2) is 0 Å². The summed E-state index contributed by atoms with van der Waals surface area (Å²) in [5.74, 6) is 1.05. The first-order valence-corrected chi connectivity index (χ1v) is 13.6. The molecule has 168 valence electrons. The van der Waals surface area contributed by atoms with E-state index in [2.05, 4.69) is 5.32 Å². The van der Waals surface area contributed by atoms with Crippen LogP contribution in [0.25, 0.3) is 0 Å². The van der Waals surface area contributed by atoms with E-state index in [1.54, 1.807) is 49.0 Å². The molecule has 31 heavy (non-hydrogen) atoms. The molecule has 1 amide bonds. The lowest BCUT2D eigenvalue weighted by Crippen LogP contribution is -2.35. The van der Waals surface area contributed by atoms with Crippen molar-refractivity contribution in [3.8, 4) is 0 Å². The number of thioether (sulfide) groups is 1. The number of carbonyl (C=O) groups excluding carboxylic acids is 1. The molecule has 1 fully saturated rings. The molecule has 0 spiro atoms. The Morgan fingerprint density at radius 1 is 1.10 bits per heavy atom. The third-order valence-corrected chi connectivity index (χ3v) is 8.83. The van der Waals surface area contributed by atoms with Crippen LogP contribution in [0.1, 0.15) is 40.7 Å². The number of nitrogens with one attached hydrogen (secondary N) is 1. The number of piperidine rings is 1. The van der Waals surface area contributed by atoms with Crippen molar-refractivity contribution in [2.45, 2.75) is 36.8 Å². The number of halogens is 2. The number of amides is 1. The van der Waals surface area contributed by atoms with E-state index in [1.807, 2.05) is 0 Å². The second-order valence-corrected chi connectivity index (χ2v) is 11.3. The first-order chi connectivity index (χ1) is 14.8. The molecular formula is C22H26Cl2N2O3S2. The van der Waals surface area contributed by atoms with E-state index in [-0.39, 0.29) is 10.8 Å². The summed E-state index contributed by atoms with van der Waals surface area (Å²) >= 11 is 14.0. The minimum atomic E-state index is -3.58. The topological polar surface area (TPSA) is 66.5 Å². The van der Waals surface area contributed by atoms with Crippen molar-refractivity contribution in [2.24, 2.45) is 0 Å². The summed E-state index contributed by atoms with van der Waals surface area (Å²) in [6.45, 7) is 3.32. The molecule has 5 nitrogen and oxygen atoms in total. The maximum absolute atomic E-state index is 12.9. The summed E-state index contributed by atoms with van der Waals surface area (Å²) < 4.78 is 27.4. The molecule has 0 aliphatic carbocycles. The number of nitrogens with zero attached hydrogens (tertiary/aromatic N) is 1. The van der Waals surface area contributed by atoms with Gasteiger partial charge in [-0.25, -0.2) is 8.42 Å². The summed E-state index contributed by atoms with van der Waals surface area (Å²) in [5, 5.41) is 4.14. The largest absolute Gasteiger partial charge is 0.351 e. The zero-order valence-corrected chi connectivity index (χ0v) is 20.5. The maximum atomic E-state index is 12.9. The highest BCUT2D eigenvalue weighted by Crippen LogP contribution is 2.28. The van der Waals surface area contributed by atoms with Gasteiger partial charge in [-0.1, -0.05) is 41.8 Å². The highest BCUT2D eigenvalue weighted by molar-refractivity contribution is 7.98. The Morgan fingerprint density at radius 2 is 1.77 bits per heavy atom. The van der Waals surface area contributed by atoms with Crippen molar-refractivity contribution in [3.63, 3.8) is 0 Å². The van der Waals surface area contributed by atoms with Gasteiger partial charge in [0.2, 0.25) is 10.0 Å². The monoisotopic (exact) mass is 500 g/mol. The molecular weight excluding hydrogens is 475 g/mol. The van der Waals surface area contributed by atoms with Crippen molar-refractivity contribution in [1.82, 2.24) is 9.62 Å². The molecule has 0 aromatic heterocycles. The zero-order valence-electron chi connectivity index (χ0n) is 17.4. The van der Waals surface area contributed by atoms with Crippen LogP contribution in [0.3, 0.4) is 0 Å². The standard InChI is InChI=1S/C22H26Cl2N2O3S2/c1-16-8-9-17(31(28,29)26-11-3-2-4-12-26)14-18(16)22(27)25-10-13-30-15-19-20(23)6-5-7-21(19)24/h5-9,14H,2-4,10-13,15H2,1H3,(H,25,27). The lowest BCUT2D eigenvalue weighted by atomic mass is 10.1. The minimum Gasteiger partial charge on any atom is -0.351 e. The summed E-state index contributed by atoms with van der Waals surface area (Å²) in [6, 6.07) is 10.2. The van der Waals surface area contributed by atoms with Crippen molar-refractivity contribution in [3.05, 3.63) is 63.1 Å². The van der Waals surface area contributed by atoms with Crippen LogP contribution in [-0.4, -0.2) is 44.0 Å². The van der Waals surface area contributed by atoms with E-state index in [0.29, 0.717) is 46.7 Å². The molecule has 1 aliphatic heterocycles. The van der Waals surface area contributed by atoms with E-state index >= 15 is 0 Å². The number of aryl methyl sites for hydroxylation is 1. The van der Waals surface area contributed by atoms with Crippen LogP contribution in [0, 0.1) is 6.92 Å². The third-order valence-electron chi connectivity index (χ3n) is 5.25. The van der Waals surface area contributed by atoms with Gasteiger partial charge in [0.1, 0.15) is 0 Å². The van der Waals surface area contributed by atoms with Crippen molar-refractivity contribution >= 4 is 50.9 Å². The van der Waals surface area contributed by atoms with Crippen LogP contribution in [-0.2, 0) is 15.8 Å². The molecule has 2 aromatic carbocycles. The van der Waals surface area contributed by atoms with Crippen molar-refractivity contribution in [1.29, 1.82) is 0 Å². The predicted molar refractivity (Wildman–Crippen MR) is 129 cm³/mol. The van der Waals surface area contributed by atoms with Gasteiger partial charge in [-0.2, -0.15) is 16.1 Å². The van der Waals surface area contributed by atoms with Crippen LogP contribution >= 0.6 is 35.0 Å². The summed E-state index contributed by atoms with van der Waals surface area (Å²) in [4.78, 5) is 12.9. The molecule has 0 saturated carbocycles. The fourth-order valence-corrected chi connectivity index (χ4v) is 6.58. The average molecular weight is 502 g/mol. The Balaban J connectivity index is 1.58. The summed E-state index contributed by atoms with van der Waals surface area (Å²) in [6.07, 6.45) is 2.79. The first-order valence-electron chi connectivity index (χ1n) is 10.2. The van der Waals surface area contributed by atoms with E-state index in [0.717, 1.165) is 30.4 Å². The zero-order chi connectivity index (χ0) is 22.4. The maximum Gasteiger partial charge on any atom is 0.251 e. The lowest BCUT2D eigenvalue weighted by molar-refractivity contribution is 0.0955. The molecule has 1 aliphatic rings. The number of rotatable bonds is 8. The van der Waals surface area contributed by atoms with Gasteiger partial charge in [0, 0.05) is 46.7 Å². The molecule has 3 rings (SSSR count). The van der Waals surface area contributed by atoms with Gasteiger partial charge in [-0.15, -0.1) is 0 Å². The van der Waals surface area contributed by atoms with Gasteiger partial charge < -0.3 is 5.32 Å². The van der Waals surface area contributed by atoms with Crippen LogP contribution in [0.15, 0.2) is 41.3 Å². The number of carbonyl (C=O) groups is 1. The number of hydrogen-bond donors (Lipinski definition) is 1. The highest BCUT2D eigenvalue weighted by atomic mass is 35.5. The molecule has 0 atom stereocenters. The highest BCUT2D eigenvalue weighted by Gasteiger charge is 2.27. The third kappa shape index (κ3) is 6.17. The molecule has 0 radical (unpaired) electrons. The molecule has 0 bridgehead atoms. The second kappa shape index (κ2) is 11.1. The average Bonchev–Trinajstić information content (AvgIpc) is 2.76. The molecule has 0 unspecified atom stereocenters. The smallest absolute Gasteiger partial charge is 0.251 e. The van der Waals surface area contributed by atoms with E-state index in [9.17, 15) is 13.2 Å². The Labute approximate surface area is 198 Å². The quantitative estimate of drug-likeness (QED) is 0.509. The van der Waals surface area contributed by atoms with Crippen LogP contribution < -0.4 is 5.32 Å². The van der Waals surface area contributed by atoms with Crippen LogP contribution in [0.4, 0.5) is 0 Å². The Kier molecular flexibility index (Phi) is 8.70. The molecule has 1 saturated heterocycles. The molecule has 1 N–H and O–H groups in total. The summed E-state index contributed by atoms with van der Waals surface area (Å²) in [7, 11) is -3.58. The van der Waals surface area contributed by atoms with Crippen LogP contribution in [0.5, 0.6) is 0 Å². The number of sulfonamides is 1. The Hall–Kier alpha value is -1.25. The van der Waals surface area contributed by atoms with Gasteiger partial charge >= 0.3 is 0 Å². The summed E-state index contributed by atoms with van der Waals surface area (Å²) in [5.41, 5.74) is 2.01. The van der Waals surface area contributed by atoms with Gasteiger partial charge in [-0.05, 0) is 55.2 Å². The van der Waals surface area contributed by atoms with Gasteiger partial charge in [-0.3, -0.25) is 4.79 Å². The fourth-order valence-electron chi connectivity index (χ4n) is 3.44. The lowest BCUT2D eigenvalue weighted by Gasteiger charge is -2.26. The van der Waals surface area contributed by atoms with Gasteiger partial charge in [0.25, 0.3) is 5.91 Å². The van der Waals surface area contributed by atoms with Crippen molar-refractivity contribution in [2.75, 3.05) is 25.4 Å². The number of benzene rings is 2. The van der Waals surface area contributed by atoms with Crippen LogP contribution in [0.2, 0.25) is 10.0 Å². The number of hydrogen-bond acceptors (Lipinski definition) is 4. The van der Waals surface area contributed by atoms with E-state index < -0.39 is 10.0 Å². The minimum absolute atomic E-state index is 0.174. The van der Waals surface area contributed by atoms with Crippen molar-refractivity contribution < 1.29 is 13.2 Å². The van der Waals surface area contributed by atoms with E-state index in [4.69, 9.17) is 23.2 Å².